The summed E-state index contributed by atoms with van der Waals surface area (Å²) >= 11 is 0. The van der Waals surface area contributed by atoms with Crippen molar-refractivity contribution in [1.29, 1.82) is 0 Å². The van der Waals surface area contributed by atoms with Gasteiger partial charge in [0.2, 0.25) is 0 Å². The van der Waals surface area contributed by atoms with Crippen LogP contribution in [0.5, 0.6) is 0 Å². The Kier molecular flexibility index (Phi) is 2.89. The second-order valence-electron chi connectivity index (χ2n) is 3.18. The van der Waals surface area contributed by atoms with Gasteiger partial charge in [-0.15, -0.1) is 0 Å². The van der Waals surface area contributed by atoms with Gasteiger partial charge >= 0.3 is 0 Å². The highest BCUT2D eigenvalue weighted by molar-refractivity contribution is 7.97. The van der Waals surface area contributed by atoms with E-state index in [1.165, 1.54) is 0 Å². The van der Waals surface area contributed by atoms with E-state index in [1.807, 2.05) is 0 Å². The molecule has 0 amide bonds. The molecule has 8 nitrogen and oxygen atoms in total. The van der Waals surface area contributed by atoms with Crippen LogP contribution in [0.15, 0.2) is 0 Å². The van der Waals surface area contributed by atoms with E-state index in [1.54, 1.807) is 0 Å². The summed E-state index contributed by atoms with van der Waals surface area (Å²) in [7, 11) is -13.5. The van der Waals surface area contributed by atoms with Gasteiger partial charge in [0.05, 0.1) is 11.5 Å². The molecule has 1 aliphatic heterocycles. The lowest BCUT2D eigenvalue weighted by Gasteiger charge is -2.11. The smallest absolute Gasteiger partial charge is 0.270 e. The summed E-state index contributed by atoms with van der Waals surface area (Å²) in [5, 5.41) is -4.03. The summed E-state index contributed by atoms with van der Waals surface area (Å²) < 4.78 is 82.0. The van der Waals surface area contributed by atoms with Crippen LogP contribution in [0.1, 0.15) is 0 Å². The van der Waals surface area contributed by atoms with Crippen LogP contribution in [0.4, 0.5) is 0 Å². The Labute approximate surface area is 86.7 Å². The zero-order valence-corrected chi connectivity index (χ0v) is 9.59. The number of sulfone groups is 1. The fourth-order valence-corrected chi connectivity index (χ4v) is 7.61. The summed E-state index contributed by atoms with van der Waals surface area (Å²) in [5.74, 6) is -2.01. The zero-order chi connectivity index (χ0) is 12.1. The van der Waals surface area contributed by atoms with Crippen molar-refractivity contribution in [2.24, 2.45) is 0 Å². The molecule has 0 spiro atoms. The van der Waals surface area contributed by atoms with Crippen molar-refractivity contribution in [3.8, 4) is 0 Å². The minimum Gasteiger partial charge on any atom is -0.285 e. The highest BCUT2D eigenvalue weighted by Crippen LogP contribution is 2.24. The first kappa shape index (κ1) is 12.8. The van der Waals surface area contributed by atoms with E-state index < -0.39 is 52.1 Å². The molecule has 1 saturated heterocycles. The van der Waals surface area contributed by atoms with Gasteiger partial charge in [-0.25, -0.2) is 8.42 Å². The van der Waals surface area contributed by atoms with Crippen LogP contribution in [-0.4, -0.2) is 56.4 Å². The second-order valence-corrected chi connectivity index (χ2v) is 8.61. The predicted octanol–water partition coefficient (Wildman–Crippen LogP) is -2.07. The van der Waals surface area contributed by atoms with E-state index in [9.17, 15) is 25.3 Å². The molecule has 2 atom stereocenters. The summed E-state index contributed by atoms with van der Waals surface area (Å²) in [6.07, 6.45) is 0. The molecule has 0 aromatic rings. The Morgan fingerprint density at radius 2 is 1.13 bits per heavy atom. The third kappa shape index (κ3) is 2.87. The van der Waals surface area contributed by atoms with Gasteiger partial charge in [0.25, 0.3) is 20.2 Å². The Bertz CT molecular complexity index is 505. The van der Waals surface area contributed by atoms with E-state index in [-0.39, 0.29) is 0 Å². The van der Waals surface area contributed by atoms with Gasteiger partial charge in [-0.2, -0.15) is 16.8 Å². The summed E-state index contributed by atoms with van der Waals surface area (Å²) in [6.45, 7) is 0. The normalized spacial score (nSPS) is 31.6. The van der Waals surface area contributed by atoms with Gasteiger partial charge in [0.1, 0.15) is 10.5 Å². The topological polar surface area (TPSA) is 143 Å². The van der Waals surface area contributed by atoms with Gasteiger partial charge in [0.15, 0.2) is 9.84 Å². The molecule has 1 aliphatic rings. The molecular weight excluding hydrogens is 272 g/mol. The van der Waals surface area contributed by atoms with E-state index in [0.717, 1.165) is 0 Å². The van der Waals surface area contributed by atoms with Crippen molar-refractivity contribution in [1.82, 2.24) is 0 Å². The summed E-state index contributed by atoms with van der Waals surface area (Å²) in [6, 6.07) is 0. The maximum absolute atomic E-state index is 11.0. The van der Waals surface area contributed by atoms with Gasteiger partial charge in [-0.1, -0.05) is 0 Å². The summed E-state index contributed by atoms with van der Waals surface area (Å²) in [5.41, 5.74) is 0. The average Bonchev–Trinajstić information content (AvgIpc) is 2.23. The van der Waals surface area contributed by atoms with Crippen molar-refractivity contribution in [2.45, 2.75) is 10.5 Å². The van der Waals surface area contributed by atoms with Crippen molar-refractivity contribution in [3.63, 3.8) is 0 Å². The number of hydrogen-bond donors (Lipinski definition) is 2. The first-order chi connectivity index (χ1) is 6.43. The van der Waals surface area contributed by atoms with Crippen LogP contribution < -0.4 is 0 Å². The standard InChI is InChI=1S/C4H8O8S3/c5-13(6)1-3(14(7,8)9)4(2-13)15(10,11)12/h3-4H,1-2H2,(H,7,8,9)(H,10,11,12)/t3-,4-/m1/s1. The number of rotatable bonds is 2. The van der Waals surface area contributed by atoms with Crippen molar-refractivity contribution < 1.29 is 34.4 Å². The van der Waals surface area contributed by atoms with Crippen LogP contribution in [0, 0.1) is 0 Å². The largest absolute Gasteiger partial charge is 0.285 e. The Morgan fingerprint density at radius 3 is 1.33 bits per heavy atom. The van der Waals surface area contributed by atoms with Crippen LogP contribution in [0.2, 0.25) is 0 Å². The number of hydrogen-bond acceptors (Lipinski definition) is 6. The van der Waals surface area contributed by atoms with Crippen LogP contribution in [0.25, 0.3) is 0 Å². The third-order valence-corrected chi connectivity index (χ3v) is 6.87. The predicted molar refractivity (Wildman–Crippen MR) is 49.3 cm³/mol. The molecule has 0 radical (unpaired) electrons. The fraction of sp³-hybridized carbons (Fsp3) is 1.00. The second kappa shape index (κ2) is 3.38. The van der Waals surface area contributed by atoms with Gasteiger partial charge in [0, 0.05) is 0 Å². The monoisotopic (exact) mass is 280 g/mol. The van der Waals surface area contributed by atoms with Gasteiger partial charge < -0.3 is 0 Å². The molecule has 0 saturated carbocycles. The van der Waals surface area contributed by atoms with E-state index in [0.29, 0.717) is 0 Å². The molecule has 11 heteroatoms. The van der Waals surface area contributed by atoms with Crippen LogP contribution in [-0.2, 0) is 30.1 Å². The van der Waals surface area contributed by atoms with E-state index >= 15 is 0 Å². The third-order valence-electron chi connectivity index (χ3n) is 2.02. The molecule has 90 valence electrons. The Morgan fingerprint density at radius 1 is 0.867 bits per heavy atom. The molecule has 2 N–H and O–H groups in total. The van der Waals surface area contributed by atoms with Crippen molar-refractivity contribution in [3.05, 3.63) is 0 Å². The van der Waals surface area contributed by atoms with Gasteiger partial charge in [-0.3, -0.25) is 9.11 Å². The molecule has 1 fully saturated rings. The molecule has 0 aromatic carbocycles. The maximum atomic E-state index is 11.0. The molecule has 0 unspecified atom stereocenters. The molecule has 1 rings (SSSR count). The quantitative estimate of drug-likeness (QED) is 0.549. The van der Waals surface area contributed by atoms with Crippen molar-refractivity contribution >= 4 is 30.1 Å². The van der Waals surface area contributed by atoms with Crippen molar-refractivity contribution in [2.75, 3.05) is 11.5 Å². The van der Waals surface area contributed by atoms with Crippen LogP contribution >= 0.6 is 0 Å². The minimum absolute atomic E-state index is 1.00. The average molecular weight is 280 g/mol. The fourth-order valence-electron chi connectivity index (χ4n) is 1.34. The zero-order valence-electron chi connectivity index (χ0n) is 7.14. The van der Waals surface area contributed by atoms with E-state index in [2.05, 4.69) is 0 Å². The minimum atomic E-state index is -4.82. The first-order valence-corrected chi connectivity index (χ1v) is 8.39. The molecule has 0 aromatic heterocycles. The van der Waals surface area contributed by atoms with E-state index in [4.69, 9.17) is 9.11 Å². The maximum Gasteiger partial charge on any atom is 0.270 e. The highest BCUT2D eigenvalue weighted by atomic mass is 32.2. The Balaban J connectivity index is 3.29. The lowest BCUT2D eigenvalue weighted by molar-refractivity contribution is 0.450. The molecule has 15 heavy (non-hydrogen) atoms. The Hall–Kier alpha value is -0.230. The highest BCUT2D eigenvalue weighted by Gasteiger charge is 2.50. The SMILES string of the molecule is O=S1(=O)C[C@@H](S(=O)(=O)O)[C@H](S(=O)(=O)O)C1. The molecule has 0 bridgehead atoms. The first-order valence-electron chi connectivity index (χ1n) is 3.56. The summed E-state index contributed by atoms with van der Waals surface area (Å²) in [4.78, 5) is 0. The van der Waals surface area contributed by atoms with Gasteiger partial charge in [-0.05, 0) is 0 Å². The molecule has 0 aliphatic carbocycles. The van der Waals surface area contributed by atoms with Crippen LogP contribution in [0.3, 0.4) is 0 Å². The lowest BCUT2D eigenvalue weighted by atomic mass is 10.4. The molecule has 1 heterocycles. The molecular formula is C4H8O8S3. The lowest BCUT2D eigenvalue weighted by Crippen LogP contribution is -2.38.